The first-order valence-corrected chi connectivity index (χ1v) is 12.6. The Labute approximate surface area is 165 Å². The van der Waals surface area contributed by atoms with Crippen LogP contribution in [0.1, 0.15) is 54.9 Å². The van der Waals surface area contributed by atoms with Crippen LogP contribution >= 0.6 is 17.2 Å². The summed E-state index contributed by atoms with van der Waals surface area (Å²) in [4.78, 5) is 2.55. The van der Waals surface area contributed by atoms with Crippen LogP contribution in [0, 0.1) is 0 Å². The van der Waals surface area contributed by atoms with E-state index in [2.05, 4.69) is 25.7 Å². The molecule has 0 radical (unpaired) electrons. The van der Waals surface area contributed by atoms with Crippen molar-refractivity contribution < 1.29 is 18.9 Å². The lowest BCUT2D eigenvalue weighted by atomic mass is 10.4. The largest absolute Gasteiger partial charge is 0.347 e. The van der Waals surface area contributed by atoms with Crippen molar-refractivity contribution in [1.82, 2.24) is 4.90 Å². The molecule has 0 heterocycles. The Kier molecular flexibility index (Phi) is 16.0. The summed E-state index contributed by atoms with van der Waals surface area (Å²) < 4.78 is 23.3. The highest BCUT2D eigenvalue weighted by atomic mass is 31.1. The van der Waals surface area contributed by atoms with Crippen LogP contribution in [0.4, 0.5) is 0 Å². The van der Waals surface area contributed by atoms with Gasteiger partial charge < -0.3 is 23.8 Å². The Hall–Kier alpha value is 0.660. The van der Waals surface area contributed by atoms with Crippen molar-refractivity contribution in [1.29, 1.82) is 0 Å². The van der Waals surface area contributed by atoms with E-state index in [1.807, 2.05) is 27.7 Å². The van der Waals surface area contributed by atoms with Crippen molar-refractivity contribution in [2.24, 2.45) is 0 Å². The van der Waals surface area contributed by atoms with E-state index >= 15 is 0 Å². The molecule has 0 aromatic rings. The predicted octanol–water partition coefficient (Wildman–Crippen LogP) is 4.55. The van der Waals surface area contributed by atoms with Crippen molar-refractivity contribution in [3.8, 4) is 0 Å². The molecule has 0 N–H and O–H groups in total. The van der Waals surface area contributed by atoms with Crippen LogP contribution in [0.5, 0.6) is 0 Å². The molecule has 7 heteroatoms. The minimum absolute atomic E-state index is 0.425. The van der Waals surface area contributed by atoms with Gasteiger partial charge in [-0.15, -0.1) is 0 Å². The van der Waals surface area contributed by atoms with E-state index in [0.717, 1.165) is 32.0 Å². The maximum absolute atomic E-state index is 5.83. The molecule has 0 saturated heterocycles. The molecule has 0 aromatic heterocycles. The predicted molar refractivity (Wildman–Crippen MR) is 116 cm³/mol. The van der Waals surface area contributed by atoms with E-state index in [1.165, 1.54) is 6.42 Å². The van der Waals surface area contributed by atoms with E-state index < -0.39 is 11.1 Å². The SMILES string of the molecule is CCCN(CCPC(C)(OCC)OCC)CCPC(C)(OCC)OCC. The Morgan fingerprint density at radius 2 is 0.962 bits per heavy atom. The topological polar surface area (TPSA) is 40.2 Å². The molecule has 158 valence electrons. The minimum atomic E-state index is -0.425. The van der Waals surface area contributed by atoms with Crippen LogP contribution < -0.4 is 0 Å². The van der Waals surface area contributed by atoms with Gasteiger partial charge in [0, 0.05) is 39.5 Å². The van der Waals surface area contributed by atoms with Gasteiger partial charge in [-0.3, -0.25) is 0 Å². The summed E-state index contributed by atoms with van der Waals surface area (Å²) in [6.07, 6.45) is 3.39. The van der Waals surface area contributed by atoms with E-state index in [9.17, 15) is 0 Å². The van der Waals surface area contributed by atoms with Crippen LogP contribution in [-0.2, 0) is 18.9 Å². The fraction of sp³-hybridized carbons (Fsp3) is 1.00. The van der Waals surface area contributed by atoms with Gasteiger partial charge in [0.05, 0.1) is 0 Å². The van der Waals surface area contributed by atoms with Crippen molar-refractivity contribution in [3.05, 3.63) is 0 Å². The standard InChI is InChI=1S/C19H43NO4P2/c1-8-13-20(14-16-25-18(6,21-9-2)22-10-3)15-17-26-19(7,23-11-4)24-12-5/h25-26H,8-17H2,1-7H3. The van der Waals surface area contributed by atoms with Gasteiger partial charge in [0.15, 0.2) is 11.1 Å². The molecule has 0 aliphatic carbocycles. The molecule has 26 heavy (non-hydrogen) atoms. The number of hydrogen-bond acceptors (Lipinski definition) is 5. The second-order valence-corrected chi connectivity index (χ2v) is 9.84. The van der Waals surface area contributed by atoms with Gasteiger partial charge in [-0.05, 0) is 66.8 Å². The lowest BCUT2D eigenvalue weighted by Gasteiger charge is -2.32. The molecule has 0 bridgehead atoms. The zero-order chi connectivity index (χ0) is 19.9. The summed E-state index contributed by atoms with van der Waals surface area (Å²) in [6, 6.07) is 0. The molecular weight excluding hydrogens is 368 g/mol. The smallest absolute Gasteiger partial charge is 0.180 e. The molecule has 0 rings (SSSR count). The molecular formula is C19H43NO4P2. The molecule has 2 unspecified atom stereocenters. The third kappa shape index (κ3) is 12.2. The number of nitrogens with zero attached hydrogens (tertiary/aromatic N) is 1. The fourth-order valence-electron chi connectivity index (χ4n) is 2.92. The van der Waals surface area contributed by atoms with E-state index in [-0.39, 0.29) is 0 Å². The molecule has 0 aliphatic heterocycles. The van der Waals surface area contributed by atoms with E-state index in [0.29, 0.717) is 43.6 Å². The van der Waals surface area contributed by atoms with Gasteiger partial charge >= 0.3 is 0 Å². The molecule has 5 nitrogen and oxygen atoms in total. The molecule has 0 saturated carbocycles. The summed E-state index contributed by atoms with van der Waals surface area (Å²) in [5.41, 5.74) is -0.850. The Morgan fingerprint density at radius 3 is 1.23 bits per heavy atom. The minimum Gasteiger partial charge on any atom is -0.347 e. The maximum Gasteiger partial charge on any atom is 0.180 e. The summed E-state index contributed by atoms with van der Waals surface area (Å²) in [5, 5.41) is 0. The molecule has 0 aliphatic rings. The van der Waals surface area contributed by atoms with Gasteiger partial charge in [-0.25, -0.2) is 0 Å². The van der Waals surface area contributed by atoms with Gasteiger partial charge in [-0.1, -0.05) is 24.1 Å². The van der Waals surface area contributed by atoms with E-state index in [4.69, 9.17) is 18.9 Å². The van der Waals surface area contributed by atoms with Crippen LogP contribution in [0.2, 0.25) is 0 Å². The number of rotatable bonds is 18. The lowest BCUT2D eigenvalue weighted by molar-refractivity contribution is -0.156. The van der Waals surface area contributed by atoms with Crippen molar-refractivity contribution in [3.63, 3.8) is 0 Å². The molecule has 2 atom stereocenters. The zero-order valence-electron chi connectivity index (χ0n) is 18.2. The zero-order valence-corrected chi connectivity index (χ0v) is 20.2. The fourth-order valence-corrected chi connectivity index (χ4v) is 5.67. The monoisotopic (exact) mass is 411 g/mol. The quantitative estimate of drug-likeness (QED) is 0.244. The Balaban J connectivity index is 4.38. The highest BCUT2D eigenvalue weighted by molar-refractivity contribution is 7.39. The second-order valence-electron chi connectivity index (χ2n) is 6.32. The van der Waals surface area contributed by atoms with Crippen LogP contribution in [0.15, 0.2) is 0 Å². The maximum atomic E-state index is 5.83. The second kappa shape index (κ2) is 15.6. The molecule has 0 aromatic carbocycles. The van der Waals surface area contributed by atoms with Gasteiger partial charge in [0.25, 0.3) is 0 Å². The van der Waals surface area contributed by atoms with Gasteiger partial charge in [0.2, 0.25) is 0 Å². The highest BCUT2D eigenvalue weighted by Crippen LogP contribution is 2.35. The first-order chi connectivity index (χ1) is 12.4. The molecule has 0 fully saturated rings. The summed E-state index contributed by atoms with van der Waals surface area (Å²) in [6.45, 7) is 20.6. The van der Waals surface area contributed by atoms with Crippen LogP contribution in [-0.4, -0.2) is 74.3 Å². The van der Waals surface area contributed by atoms with Crippen molar-refractivity contribution >= 4 is 17.2 Å². The summed E-state index contributed by atoms with van der Waals surface area (Å²) in [7, 11) is 1.30. The first-order valence-electron chi connectivity index (χ1n) is 10.2. The summed E-state index contributed by atoms with van der Waals surface area (Å²) >= 11 is 0. The normalized spacial score (nSPS) is 13.8. The summed E-state index contributed by atoms with van der Waals surface area (Å²) in [5.74, 6) is 0. The van der Waals surface area contributed by atoms with Crippen molar-refractivity contribution in [2.45, 2.75) is 65.9 Å². The lowest BCUT2D eigenvalue weighted by Crippen LogP contribution is -2.33. The Morgan fingerprint density at radius 1 is 0.615 bits per heavy atom. The first kappa shape index (κ1) is 26.7. The van der Waals surface area contributed by atoms with Crippen molar-refractivity contribution in [2.75, 3.05) is 58.4 Å². The number of ether oxygens (including phenoxy) is 4. The average Bonchev–Trinajstić information content (AvgIpc) is 2.55. The number of hydrogen-bond donors (Lipinski definition) is 0. The van der Waals surface area contributed by atoms with Crippen LogP contribution in [0.25, 0.3) is 0 Å². The van der Waals surface area contributed by atoms with E-state index in [1.54, 1.807) is 0 Å². The van der Waals surface area contributed by atoms with Gasteiger partial charge in [0.1, 0.15) is 0 Å². The average molecular weight is 412 g/mol. The third-order valence-electron chi connectivity index (χ3n) is 3.97. The molecule has 0 amide bonds. The highest BCUT2D eigenvalue weighted by Gasteiger charge is 2.26. The Bertz CT molecular complexity index is 295. The third-order valence-corrected chi connectivity index (χ3v) is 6.78. The van der Waals surface area contributed by atoms with Gasteiger partial charge in [-0.2, -0.15) is 0 Å². The molecule has 0 spiro atoms. The van der Waals surface area contributed by atoms with Crippen LogP contribution in [0.3, 0.4) is 0 Å².